The summed E-state index contributed by atoms with van der Waals surface area (Å²) in [6.45, 7) is 6.52. The Hall–Kier alpha value is -1.56. The monoisotopic (exact) mass is 354 g/mol. The second kappa shape index (κ2) is 6.05. The average Bonchev–Trinajstić information content (AvgIpc) is 2.78. The van der Waals surface area contributed by atoms with Gasteiger partial charge in [-0.2, -0.15) is 0 Å². The molecular formula is C15H19BrN2O3. The van der Waals surface area contributed by atoms with Gasteiger partial charge in [-0.15, -0.1) is 0 Å². The van der Waals surface area contributed by atoms with Gasteiger partial charge >= 0.3 is 12.0 Å². The predicted molar refractivity (Wildman–Crippen MR) is 84.5 cm³/mol. The Morgan fingerprint density at radius 2 is 1.86 bits per heavy atom. The molecule has 114 valence electrons. The van der Waals surface area contributed by atoms with Crippen LogP contribution in [0.5, 0.6) is 0 Å². The number of nitrogens with one attached hydrogen (secondary N) is 1. The molecule has 0 saturated carbocycles. The summed E-state index contributed by atoms with van der Waals surface area (Å²) >= 11 is 3.49. The summed E-state index contributed by atoms with van der Waals surface area (Å²) in [6.07, 6.45) is 0. The number of carboxylic acid groups (broad SMARTS) is 1. The maximum absolute atomic E-state index is 12.2. The van der Waals surface area contributed by atoms with Crippen molar-refractivity contribution in [2.24, 2.45) is 11.8 Å². The fourth-order valence-electron chi connectivity index (χ4n) is 2.67. The predicted octanol–water partition coefficient (Wildman–Crippen LogP) is 3.25. The molecule has 0 aromatic heterocycles. The minimum absolute atomic E-state index is 0.0263. The maximum atomic E-state index is 12.2. The molecule has 2 N–H and O–H groups in total. The van der Waals surface area contributed by atoms with Gasteiger partial charge in [0.05, 0.1) is 5.92 Å². The molecule has 1 aliphatic heterocycles. The number of anilines is 1. The molecule has 0 unspecified atom stereocenters. The molecule has 0 aliphatic carbocycles. The first kappa shape index (κ1) is 15.8. The van der Waals surface area contributed by atoms with Gasteiger partial charge in [-0.3, -0.25) is 4.79 Å². The van der Waals surface area contributed by atoms with E-state index in [4.69, 9.17) is 5.11 Å². The third-order valence-corrected chi connectivity index (χ3v) is 5.16. The lowest BCUT2D eigenvalue weighted by Gasteiger charge is -2.18. The van der Waals surface area contributed by atoms with Crippen molar-refractivity contribution in [1.82, 2.24) is 4.90 Å². The number of hydrogen-bond donors (Lipinski definition) is 2. The number of aliphatic carboxylic acids is 1. The highest BCUT2D eigenvalue weighted by Crippen LogP contribution is 2.27. The van der Waals surface area contributed by atoms with Crippen LogP contribution in [-0.4, -0.2) is 35.1 Å². The number of carbonyl (C=O) groups is 2. The Morgan fingerprint density at radius 3 is 2.33 bits per heavy atom. The number of nitrogens with zero attached hydrogens (tertiary/aromatic N) is 1. The van der Waals surface area contributed by atoms with Crippen LogP contribution in [0.1, 0.15) is 18.1 Å². The molecule has 1 saturated heterocycles. The number of carbonyl (C=O) groups excluding carboxylic acids is 1. The molecule has 1 aromatic carbocycles. The van der Waals surface area contributed by atoms with Crippen molar-refractivity contribution in [3.8, 4) is 0 Å². The van der Waals surface area contributed by atoms with Crippen molar-refractivity contribution in [3.63, 3.8) is 0 Å². The lowest BCUT2D eigenvalue weighted by molar-refractivity contribution is -0.142. The Balaban J connectivity index is 2.08. The van der Waals surface area contributed by atoms with Crippen molar-refractivity contribution in [2.45, 2.75) is 20.8 Å². The van der Waals surface area contributed by atoms with E-state index in [1.54, 1.807) is 4.90 Å². The molecule has 2 amide bonds. The van der Waals surface area contributed by atoms with Crippen LogP contribution < -0.4 is 5.32 Å². The van der Waals surface area contributed by atoms with E-state index >= 15 is 0 Å². The van der Waals surface area contributed by atoms with Crippen molar-refractivity contribution in [1.29, 1.82) is 0 Å². The summed E-state index contributed by atoms with van der Waals surface area (Å²) in [6, 6.07) is 3.54. The van der Waals surface area contributed by atoms with E-state index in [0.29, 0.717) is 6.54 Å². The Labute approximate surface area is 132 Å². The van der Waals surface area contributed by atoms with Crippen molar-refractivity contribution >= 4 is 33.6 Å². The molecule has 2 atom stereocenters. The smallest absolute Gasteiger partial charge is 0.321 e. The first-order valence-electron chi connectivity index (χ1n) is 6.85. The van der Waals surface area contributed by atoms with Crippen LogP contribution in [0, 0.1) is 25.7 Å². The third kappa shape index (κ3) is 3.37. The van der Waals surface area contributed by atoms with Crippen LogP contribution in [0.3, 0.4) is 0 Å². The minimum Gasteiger partial charge on any atom is -0.481 e. The highest BCUT2D eigenvalue weighted by Gasteiger charge is 2.36. The van der Waals surface area contributed by atoms with Gasteiger partial charge in [0, 0.05) is 23.2 Å². The lowest BCUT2D eigenvalue weighted by Crippen LogP contribution is -2.33. The Kier molecular flexibility index (Phi) is 4.56. The van der Waals surface area contributed by atoms with Crippen LogP contribution in [0.2, 0.25) is 0 Å². The van der Waals surface area contributed by atoms with E-state index < -0.39 is 11.9 Å². The summed E-state index contributed by atoms with van der Waals surface area (Å²) in [5.74, 6) is -1.35. The fourth-order valence-corrected chi connectivity index (χ4v) is 2.90. The zero-order valence-corrected chi connectivity index (χ0v) is 13.9. The molecule has 6 heteroatoms. The van der Waals surface area contributed by atoms with Crippen LogP contribution in [0.4, 0.5) is 10.5 Å². The first-order valence-corrected chi connectivity index (χ1v) is 7.64. The molecule has 0 spiro atoms. The number of carboxylic acids is 1. The fraction of sp³-hybridized carbons (Fsp3) is 0.467. The quantitative estimate of drug-likeness (QED) is 0.856. The number of amides is 2. The number of hydrogen-bond acceptors (Lipinski definition) is 2. The zero-order chi connectivity index (χ0) is 15.7. The topological polar surface area (TPSA) is 69.6 Å². The molecule has 21 heavy (non-hydrogen) atoms. The molecule has 0 radical (unpaired) electrons. The number of likely N-dealkylation sites (tertiary alicyclic amines) is 1. The number of urea groups is 1. The minimum atomic E-state index is -0.840. The van der Waals surface area contributed by atoms with Crippen LogP contribution in [0.25, 0.3) is 0 Å². The summed E-state index contributed by atoms with van der Waals surface area (Å²) < 4.78 is 1.03. The Morgan fingerprint density at radius 1 is 1.29 bits per heavy atom. The molecule has 1 fully saturated rings. The first-order chi connectivity index (χ1) is 9.79. The van der Waals surface area contributed by atoms with E-state index in [0.717, 1.165) is 21.3 Å². The second-order valence-corrected chi connectivity index (χ2v) is 6.47. The average molecular weight is 355 g/mol. The van der Waals surface area contributed by atoms with Gasteiger partial charge in [0.15, 0.2) is 0 Å². The van der Waals surface area contributed by atoms with Gasteiger partial charge < -0.3 is 15.3 Å². The second-order valence-electron chi connectivity index (χ2n) is 5.68. The van der Waals surface area contributed by atoms with Gasteiger partial charge in [-0.1, -0.05) is 22.9 Å². The van der Waals surface area contributed by atoms with Crippen LogP contribution in [0.15, 0.2) is 16.6 Å². The van der Waals surface area contributed by atoms with Gasteiger partial charge in [0.25, 0.3) is 0 Å². The molecule has 1 aliphatic rings. The zero-order valence-electron chi connectivity index (χ0n) is 12.3. The number of halogens is 1. The third-order valence-electron chi connectivity index (χ3n) is 3.90. The number of aryl methyl sites for hydroxylation is 2. The van der Waals surface area contributed by atoms with E-state index in [1.165, 1.54) is 0 Å². The number of benzene rings is 1. The lowest BCUT2D eigenvalue weighted by atomic mass is 9.99. The molecule has 1 heterocycles. The highest BCUT2D eigenvalue weighted by molar-refractivity contribution is 9.10. The summed E-state index contributed by atoms with van der Waals surface area (Å²) in [7, 11) is 0. The number of rotatable bonds is 2. The molecular weight excluding hydrogens is 336 g/mol. The molecule has 5 nitrogen and oxygen atoms in total. The van der Waals surface area contributed by atoms with Gasteiger partial charge in [-0.05, 0) is 43.0 Å². The van der Waals surface area contributed by atoms with Crippen molar-refractivity contribution < 1.29 is 14.7 Å². The standard InChI is InChI=1S/C15H19BrN2O3/c1-8-4-11(5-9(2)13(8)16)17-15(21)18-6-10(3)12(7-18)14(19)20/h4-5,10,12H,6-7H2,1-3H3,(H,17,21)(H,19,20)/t10-,12-/m1/s1. The van der Waals surface area contributed by atoms with Gasteiger partial charge in [-0.25, -0.2) is 4.79 Å². The van der Waals surface area contributed by atoms with Gasteiger partial charge in [0.1, 0.15) is 0 Å². The van der Waals surface area contributed by atoms with Crippen molar-refractivity contribution in [2.75, 3.05) is 18.4 Å². The van der Waals surface area contributed by atoms with E-state index in [1.807, 2.05) is 32.9 Å². The largest absolute Gasteiger partial charge is 0.481 e. The highest BCUT2D eigenvalue weighted by atomic mass is 79.9. The van der Waals surface area contributed by atoms with E-state index in [9.17, 15) is 9.59 Å². The van der Waals surface area contributed by atoms with E-state index in [2.05, 4.69) is 21.2 Å². The molecule has 0 bridgehead atoms. The van der Waals surface area contributed by atoms with Crippen LogP contribution >= 0.6 is 15.9 Å². The van der Waals surface area contributed by atoms with Crippen molar-refractivity contribution in [3.05, 3.63) is 27.7 Å². The SMILES string of the molecule is Cc1cc(NC(=O)N2C[C@@H](C)[C@H](C(=O)O)C2)cc(C)c1Br. The normalized spacial score (nSPS) is 21.4. The Bertz CT molecular complexity index is 565. The van der Waals surface area contributed by atoms with Crippen LogP contribution in [-0.2, 0) is 4.79 Å². The maximum Gasteiger partial charge on any atom is 0.321 e. The summed E-state index contributed by atoms with van der Waals surface area (Å²) in [5.41, 5.74) is 2.82. The van der Waals surface area contributed by atoms with Gasteiger partial charge in [0.2, 0.25) is 0 Å². The molecule has 1 aromatic rings. The van der Waals surface area contributed by atoms with E-state index in [-0.39, 0.29) is 18.5 Å². The summed E-state index contributed by atoms with van der Waals surface area (Å²) in [5, 5.41) is 12.0. The summed E-state index contributed by atoms with van der Waals surface area (Å²) in [4.78, 5) is 24.9. The molecule has 2 rings (SSSR count).